The number of H-pyrrole nitrogens is 1. The Labute approximate surface area is 141 Å². The number of carbonyl (C=O) groups is 2. The van der Waals surface area contributed by atoms with E-state index in [4.69, 9.17) is 0 Å². The molecule has 0 fully saturated rings. The van der Waals surface area contributed by atoms with Crippen LogP contribution in [0.5, 0.6) is 0 Å². The zero-order chi connectivity index (χ0) is 17.9. The van der Waals surface area contributed by atoms with Gasteiger partial charge in [-0.15, -0.1) is 0 Å². The summed E-state index contributed by atoms with van der Waals surface area (Å²) in [6.45, 7) is -0.977. The molecule has 8 heteroatoms. The van der Waals surface area contributed by atoms with Gasteiger partial charge in [0.05, 0.1) is 17.7 Å². The molecule has 128 valence electrons. The number of benzene rings is 1. The van der Waals surface area contributed by atoms with E-state index in [0.29, 0.717) is 16.7 Å². The van der Waals surface area contributed by atoms with Crippen LogP contribution in [0, 0.1) is 0 Å². The van der Waals surface area contributed by atoms with Crippen molar-refractivity contribution in [3.05, 3.63) is 60.4 Å². The van der Waals surface area contributed by atoms with Crippen molar-refractivity contribution in [3.8, 4) is 0 Å². The van der Waals surface area contributed by atoms with Crippen LogP contribution in [0.1, 0.15) is 5.56 Å². The van der Waals surface area contributed by atoms with Gasteiger partial charge in [0.1, 0.15) is 5.52 Å². The van der Waals surface area contributed by atoms with Crippen molar-refractivity contribution in [1.29, 1.82) is 0 Å². The molecule has 0 saturated heterocycles. The first-order valence-electron chi connectivity index (χ1n) is 7.42. The number of halogens is 2. The number of aromatic amines is 1. The molecule has 0 radical (unpaired) electrons. The molecule has 25 heavy (non-hydrogen) atoms. The molecule has 1 aromatic carbocycles. The molecule has 0 saturated carbocycles. The molecule has 2 aromatic heterocycles. The molecule has 0 aliphatic heterocycles. The Kier molecular flexibility index (Phi) is 4.42. The third kappa shape index (κ3) is 3.63. The maximum atomic E-state index is 14.0. The SMILES string of the molecule is O=C(NCC(F)(F)c1ccccc1)C(=O)Nc1c[nH]c2cccnc12. The summed E-state index contributed by atoms with van der Waals surface area (Å²) in [6.07, 6.45) is 3.01. The quantitative estimate of drug-likeness (QED) is 0.635. The van der Waals surface area contributed by atoms with E-state index in [1.807, 2.05) is 5.32 Å². The number of pyridine rings is 1. The molecule has 3 N–H and O–H groups in total. The summed E-state index contributed by atoms with van der Waals surface area (Å²) in [7, 11) is 0. The highest BCUT2D eigenvalue weighted by Gasteiger charge is 2.32. The van der Waals surface area contributed by atoms with Gasteiger partial charge in [-0.2, -0.15) is 8.78 Å². The predicted molar refractivity (Wildman–Crippen MR) is 88.1 cm³/mol. The second kappa shape index (κ2) is 6.68. The molecule has 0 aliphatic rings. The maximum Gasteiger partial charge on any atom is 0.313 e. The van der Waals surface area contributed by atoms with E-state index in [9.17, 15) is 18.4 Å². The molecular formula is C17H14F2N4O2. The van der Waals surface area contributed by atoms with Crippen molar-refractivity contribution >= 4 is 28.5 Å². The van der Waals surface area contributed by atoms with Crippen LogP contribution < -0.4 is 10.6 Å². The van der Waals surface area contributed by atoms with Crippen molar-refractivity contribution in [2.45, 2.75) is 5.92 Å². The lowest BCUT2D eigenvalue weighted by Crippen LogP contribution is -2.41. The fourth-order valence-corrected chi connectivity index (χ4v) is 2.28. The van der Waals surface area contributed by atoms with Gasteiger partial charge in [-0.1, -0.05) is 30.3 Å². The fraction of sp³-hybridized carbons (Fsp3) is 0.118. The molecule has 3 aromatic rings. The highest BCUT2D eigenvalue weighted by Crippen LogP contribution is 2.26. The minimum Gasteiger partial charge on any atom is -0.358 e. The van der Waals surface area contributed by atoms with Crippen LogP contribution in [-0.2, 0) is 15.5 Å². The minimum absolute atomic E-state index is 0.239. The molecule has 0 atom stereocenters. The highest BCUT2D eigenvalue weighted by atomic mass is 19.3. The summed E-state index contributed by atoms with van der Waals surface area (Å²) in [6, 6.07) is 10.5. The van der Waals surface area contributed by atoms with Gasteiger partial charge in [-0.25, -0.2) is 0 Å². The Hall–Kier alpha value is -3.29. The number of hydrogen-bond acceptors (Lipinski definition) is 3. The van der Waals surface area contributed by atoms with Gasteiger partial charge in [0.25, 0.3) is 5.92 Å². The summed E-state index contributed by atoms with van der Waals surface area (Å²) in [5.41, 5.74) is 1.20. The Balaban J connectivity index is 1.62. The van der Waals surface area contributed by atoms with E-state index in [1.54, 1.807) is 18.2 Å². The lowest BCUT2D eigenvalue weighted by molar-refractivity contribution is -0.137. The van der Waals surface area contributed by atoms with Crippen LogP contribution in [-0.4, -0.2) is 28.3 Å². The Morgan fingerprint density at radius 2 is 1.84 bits per heavy atom. The minimum atomic E-state index is -3.28. The average molecular weight is 344 g/mol. The second-order valence-corrected chi connectivity index (χ2v) is 5.31. The smallest absolute Gasteiger partial charge is 0.313 e. The maximum absolute atomic E-state index is 14.0. The monoisotopic (exact) mass is 344 g/mol. The molecule has 2 amide bonds. The van der Waals surface area contributed by atoms with Gasteiger partial charge < -0.3 is 15.6 Å². The zero-order valence-corrected chi connectivity index (χ0v) is 12.9. The number of rotatable bonds is 4. The summed E-state index contributed by atoms with van der Waals surface area (Å²) in [5, 5.41) is 4.30. The average Bonchev–Trinajstić information content (AvgIpc) is 3.03. The van der Waals surface area contributed by atoms with Gasteiger partial charge in [-0.3, -0.25) is 14.6 Å². The molecular weight excluding hydrogens is 330 g/mol. The van der Waals surface area contributed by atoms with Gasteiger partial charge in [0, 0.05) is 18.0 Å². The van der Waals surface area contributed by atoms with E-state index in [-0.39, 0.29) is 5.56 Å². The van der Waals surface area contributed by atoms with Gasteiger partial charge in [0.15, 0.2) is 0 Å². The molecule has 0 unspecified atom stereocenters. The van der Waals surface area contributed by atoms with Crippen molar-refractivity contribution in [3.63, 3.8) is 0 Å². The van der Waals surface area contributed by atoms with Gasteiger partial charge >= 0.3 is 11.8 Å². The number of nitrogens with zero attached hydrogens (tertiary/aromatic N) is 1. The van der Waals surface area contributed by atoms with E-state index >= 15 is 0 Å². The fourth-order valence-electron chi connectivity index (χ4n) is 2.28. The number of alkyl halides is 2. The number of aromatic nitrogens is 2. The van der Waals surface area contributed by atoms with Crippen molar-refractivity contribution in [2.75, 3.05) is 11.9 Å². The zero-order valence-electron chi connectivity index (χ0n) is 12.9. The summed E-state index contributed by atoms with van der Waals surface area (Å²) in [5.74, 6) is -5.48. The first-order chi connectivity index (χ1) is 12.0. The van der Waals surface area contributed by atoms with Crippen LogP contribution in [0.25, 0.3) is 11.0 Å². The van der Waals surface area contributed by atoms with Crippen LogP contribution in [0.2, 0.25) is 0 Å². The van der Waals surface area contributed by atoms with Crippen molar-refractivity contribution in [1.82, 2.24) is 15.3 Å². The molecule has 0 bridgehead atoms. The van der Waals surface area contributed by atoms with E-state index in [2.05, 4.69) is 15.3 Å². The number of carbonyl (C=O) groups excluding carboxylic acids is 2. The lowest BCUT2D eigenvalue weighted by atomic mass is 10.1. The standard InChI is InChI=1S/C17H14F2N4O2/c18-17(19,11-5-2-1-3-6-11)10-22-15(24)16(25)23-13-9-21-12-7-4-8-20-14(12)13/h1-9,21H,10H2,(H,22,24)(H,23,25). The molecule has 2 heterocycles. The lowest BCUT2D eigenvalue weighted by Gasteiger charge is -2.17. The Morgan fingerprint density at radius 1 is 1.08 bits per heavy atom. The van der Waals surface area contributed by atoms with Crippen molar-refractivity contribution in [2.24, 2.45) is 0 Å². The predicted octanol–water partition coefficient (Wildman–Crippen LogP) is 2.41. The first kappa shape index (κ1) is 16.6. The number of anilines is 1. The number of fused-ring (bicyclic) bond motifs is 1. The topological polar surface area (TPSA) is 86.9 Å². The number of nitrogens with one attached hydrogen (secondary N) is 3. The highest BCUT2D eigenvalue weighted by molar-refractivity contribution is 6.40. The van der Waals surface area contributed by atoms with E-state index in [1.165, 1.54) is 36.7 Å². The molecule has 3 rings (SSSR count). The third-order valence-electron chi connectivity index (χ3n) is 3.56. The number of amides is 2. The Bertz CT molecular complexity index is 909. The van der Waals surface area contributed by atoms with Crippen molar-refractivity contribution < 1.29 is 18.4 Å². The van der Waals surface area contributed by atoms with Crippen LogP contribution in [0.3, 0.4) is 0 Å². The van der Waals surface area contributed by atoms with Crippen LogP contribution in [0.15, 0.2) is 54.9 Å². The summed E-state index contributed by atoms with van der Waals surface area (Å²) in [4.78, 5) is 30.7. The largest absolute Gasteiger partial charge is 0.358 e. The summed E-state index contributed by atoms with van der Waals surface area (Å²) >= 11 is 0. The Morgan fingerprint density at radius 3 is 2.60 bits per heavy atom. The first-order valence-corrected chi connectivity index (χ1v) is 7.42. The third-order valence-corrected chi connectivity index (χ3v) is 3.56. The van der Waals surface area contributed by atoms with E-state index in [0.717, 1.165) is 0 Å². The molecule has 0 aliphatic carbocycles. The molecule has 6 nitrogen and oxygen atoms in total. The van der Waals surface area contributed by atoms with Crippen LogP contribution >= 0.6 is 0 Å². The van der Waals surface area contributed by atoms with Crippen LogP contribution in [0.4, 0.5) is 14.5 Å². The normalized spacial score (nSPS) is 11.3. The number of hydrogen-bond donors (Lipinski definition) is 3. The second-order valence-electron chi connectivity index (χ2n) is 5.31. The summed E-state index contributed by atoms with van der Waals surface area (Å²) < 4.78 is 28.0. The van der Waals surface area contributed by atoms with Gasteiger partial charge in [-0.05, 0) is 12.1 Å². The van der Waals surface area contributed by atoms with E-state index < -0.39 is 24.3 Å². The molecule has 0 spiro atoms. The van der Waals surface area contributed by atoms with Gasteiger partial charge in [0.2, 0.25) is 0 Å².